The Kier molecular flexibility index (Phi) is 5.89. The zero-order chi connectivity index (χ0) is 17.0. The molecule has 23 heavy (non-hydrogen) atoms. The van der Waals surface area contributed by atoms with Crippen LogP contribution in [0.4, 0.5) is 0 Å². The van der Waals surface area contributed by atoms with Crippen LogP contribution in [-0.2, 0) is 0 Å². The minimum atomic E-state index is -1.66. The SMILES string of the molecule is CC(C)[Si](C#Cc1ccsc1-c1ccccc1)(C(C)C)C(C)C. The van der Waals surface area contributed by atoms with Crippen LogP contribution in [0.15, 0.2) is 41.8 Å². The van der Waals surface area contributed by atoms with Crippen LogP contribution in [0, 0.1) is 11.5 Å². The molecule has 0 saturated heterocycles. The highest BCUT2D eigenvalue weighted by Crippen LogP contribution is 2.41. The summed E-state index contributed by atoms with van der Waals surface area (Å²) in [5.74, 6) is 3.60. The van der Waals surface area contributed by atoms with Gasteiger partial charge in [-0.15, -0.1) is 16.9 Å². The van der Waals surface area contributed by atoms with Crippen molar-refractivity contribution in [3.8, 4) is 21.9 Å². The molecule has 0 radical (unpaired) electrons. The molecule has 1 heterocycles. The Hall–Kier alpha value is -1.30. The van der Waals surface area contributed by atoms with E-state index < -0.39 is 8.07 Å². The second-order valence-electron chi connectivity index (χ2n) is 7.18. The van der Waals surface area contributed by atoms with Gasteiger partial charge in [-0.1, -0.05) is 77.8 Å². The molecule has 0 bridgehead atoms. The Bertz CT molecular complexity index is 662. The molecule has 0 fully saturated rings. The molecule has 0 saturated carbocycles. The lowest BCUT2D eigenvalue weighted by Gasteiger charge is -2.38. The van der Waals surface area contributed by atoms with Gasteiger partial charge in [-0.25, -0.2) is 0 Å². The van der Waals surface area contributed by atoms with E-state index in [4.69, 9.17) is 0 Å². The molecule has 0 aliphatic carbocycles. The predicted octanol–water partition coefficient (Wildman–Crippen LogP) is 6.98. The summed E-state index contributed by atoms with van der Waals surface area (Å²) in [7, 11) is -1.66. The second-order valence-corrected chi connectivity index (χ2v) is 13.7. The molecular weight excluding hydrogens is 312 g/mol. The third kappa shape index (κ3) is 3.62. The van der Waals surface area contributed by atoms with E-state index in [0.717, 1.165) is 0 Å². The van der Waals surface area contributed by atoms with Crippen LogP contribution >= 0.6 is 11.3 Å². The lowest BCUT2D eigenvalue weighted by atomic mass is 10.1. The average Bonchev–Trinajstić information content (AvgIpc) is 2.96. The molecule has 0 aliphatic heterocycles. The molecule has 2 heteroatoms. The van der Waals surface area contributed by atoms with E-state index in [1.165, 1.54) is 16.0 Å². The zero-order valence-corrected chi connectivity index (χ0v) is 17.0. The van der Waals surface area contributed by atoms with Crippen molar-refractivity contribution in [2.75, 3.05) is 0 Å². The molecule has 1 aromatic heterocycles. The molecule has 0 atom stereocenters. The fourth-order valence-electron chi connectivity index (χ4n) is 3.83. The normalized spacial score (nSPS) is 11.9. The average molecular weight is 341 g/mol. The highest BCUT2D eigenvalue weighted by atomic mass is 32.1. The number of thiophene rings is 1. The molecule has 1 aromatic carbocycles. The third-order valence-electron chi connectivity index (χ3n) is 4.98. The second kappa shape index (κ2) is 7.51. The van der Waals surface area contributed by atoms with Crippen molar-refractivity contribution in [3.63, 3.8) is 0 Å². The van der Waals surface area contributed by atoms with Gasteiger partial charge in [0.15, 0.2) is 0 Å². The van der Waals surface area contributed by atoms with E-state index >= 15 is 0 Å². The fourth-order valence-corrected chi connectivity index (χ4v) is 9.90. The lowest BCUT2D eigenvalue weighted by Crippen LogP contribution is -2.43. The Morgan fingerprint density at radius 2 is 1.39 bits per heavy atom. The highest BCUT2D eigenvalue weighted by molar-refractivity contribution is 7.13. The minimum absolute atomic E-state index is 0.675. The number of benzene rings is 1. The van der Waals surface area contributed by atoms with Gasteiger partial charge in [0.25, 0.3) is 0 Å². The maximum absolute atomic E-state index is 3.84. The van der Waals surface area contributed by atoms with Crippen LogP contribution in [0.5, 0.6) is 0 Å². The summed E-state index contributed by atoms with van der Waals surface area (Å²) in [6, 6.07) is 12.8. The van der Waals surface area contributed by atoms with Crippen molar-refractivity contribution >= 4 is 19.4 Å². The maximum atomic E-state index is 3.84. The van der Waals surface area contributed by atoms with E-state index in [1.807, 2.05) is 0 Å². The summed E-state index contributed by atoms with van der Waals surface area (Å²) >= 11 is 1.79. The van der Waals surface area contributed by atoms with E-state index in [9.17, 15) is 0 Å². The van der Waals surface area contributed by atoms with Gasteiger partial charge in [0.2, 0.25) is 0 Å². The lowest BCUT2D eigenvalue weighted by molar-refractivity contribution is 0.838. The van der Waals surface area contributed by atoms with Crippen LogP contribution < -0.4 is 0 Å². The topological polar surface area (TPSA) is 0 Å². The molecule has 122 valence electrons. The monoisotopic (exact) mass is 340 g/mol. The van der Waals surface area contributed by atoms with Gasteiger partial charge in [0.1, 0.15) is 8.07 Å². The first-order valence-electron chi connectivity index (χ1n) is 8.55. The zero-order valence-electron chi connectivity index (χ0n) is 15.2. The summed E-state index contributed by atoms with van der Waals surface area (Å²) in [4.78, 5) is 1.30. The molecule has 0 N–H and O–H groups in total. The Labute approximate surface area is 147 Å². The summed E-state index contributed by atoms with van der Waals surface area (Å²) < 4.78 is 0. The quantitative estimate of drug-likeness (QED) is 0.416. The van der Waals surface area contributed by atoms with E-state index in [-0.39, 0.29) is 0 Å². The van der Waals surface area contributed by atoms with Gasteiger partial charge in [-0.3, -0.25) is 0 Å². The largest absolute Gasteiger partial charge is 0.146 e. The van der Waals surface area contributed by atoms with E-state index in [1.54, 1.807) is 11.3 Å². The third-order valence-corrected chi connectivity index (χ3v) is 12.2. The Balaban J connectivity index is 2.48. The number of rotatable bonds is 4. The molecular formula is C21H28SSi. The van der Waals surface area contributed by atoms with E-state index in [0.29, 0.717) is 16.6 Å². The van der Waals surface area contributed by atoms with Gasteiger partial charge in [-0.05, 0) is 33.6 Å². The maximum Gasteiger partial charge on any atom is 0.146 e. The standard InChI is InChI=1S/C21H28SSi/c1-16(2)23(17(3)4,18(5)6)15-13-20-12-14-22-21(20)19-10-8-7-9-11-19/h7-12,14,16-18H,1-6H3. The van der Waals surface area contributed by atoms with Crippen LogP contribution in [0.3, 0.4) is 0 Å². The van der Waals surface area contributed by atoms with Gasteiger partial charge in [0.05, 0.1) is 0 Å². The molecule has 0 unspecified atom stereocenters. The Morgan fingerprint density at radius 1 is 0.826 bits per heavy atom. The minimum Gasteiger partial charge on any atom is -0.142 e. The van der Waals surface area contributed by atoms with Crippen molar-refractivity contribution in [3.05, 3.63) is 47.3 Å². The molecule has 0 nitrogen and oxygen atoms in total. The predicted molar refractivity (Wildman–Crippen MR) is 108 cm³/mol. The van der Waals surface area contributed by atoms with Gasteiger partial charge in [-0.2, -0.15) is 0 Å². The van der Waals surface area contributed by atoms with E-state index in [2.05, 4.69) is 94.8 Å². The van der Waals surface area contributed by atoms with Crippen LogP contribution in [0.25, 0.3) is 10.4 Å². The van der Waals surface area contributed by atoms with Crippen LogP contribution in [-0.4, -0.2) is 8.07 Å². The summed E-state index contributed by atoms with van der Waals surface area (Å²) in [6.45, 7) is 14.2. The first-order chi connectivity index (χ1) is 10.9. The first kappa shape index (κ1) is 18.0. The van der Waals surface area contributed by atoms with Gasteiger partial charge >= 0.3 is 0 Å². The molecule has 0 aliphatic rings. The van der Waals surface area contributed by atoms with Gasteiger partial charge in [0, 0.05) is 10.4 Å². The summed E-state index contributed by atoms with van der Waals surface area (Å²) in [5.41, 5.74) is 8.33. The number of hydrogen-bond acceptors (Lipinski definition) is 1. The highest BCUT2D eigenvalue weighted by Gasteiger charge is 2.41. The first-order valence-corrected chi connectivity index (χ1v) is 11.7. The van der Waals surface area contributed by atoms with Crippen molar-refractivity contribution in [2.24, 2.45) is 0 Å². The summed E-state index contributed by atoms with van der Waals surface area (Å²) in [6.07, 6.45) is 0. The molecule has 2 rings (SSSR count). The fraction of sp³-hybridized carbons (Fsp3) is 0.429. The molecule has 0 amide bonds. The van der Waals surface area contributed by atoms with Gasteiger partial charge < -0.3 is 0 Å². The van der Waals surface area contributed by atoms with Crippen molar-refractivity contribution in [1.29, 1.82) is 0 Å². The number of hydrogen-bond donors (Lipinski definition) is 0. The van der Waals surface area contributed by atoms with Crippen LogP contribution in [0.2, 0.25) is 16.6 Å². The smallest absolute Gasteiger partial charge is 0.142 e. The van der Waals surface area contributed by atoms with Crippen molar-refractivity contribution < 1.29 is 0 Å². The van der Waals surface area contributed by atoms with Crippen molar-refractivity contribution in [1.82, 2.24) is 0 Å². The molecule has 0 spiro atoms. The summed E-state index contributed by atoms with van der Waals surface area (Å²) in [5, 5.41) is 2.16. The van der Waals surface area contributed by atoms with Crippen LogP contribution in [0.1, 0.15) is 47.1 Å². The van der Waals surface area contributed by atoms with Crippen molar-refractivity contribution in [2.45, 2.75) is 58.2 Å². The Morgan fingerprint density at radius 3 is 1.91 bits per heavy atom. The molecule has 2 aromatic rings.